The second-order valence-corrected chi connectivity index (χ2v) is 5.06. The highest BCUT2D eigenvalue weighted by atomic mass is 16.4. The molecule has 1 aliphatic rings. The summed E-state index contributed by atoms with van der Waals surface area (Å²) in [6.45, 7) is 0.622. The predicted molar refractivity (Wildman–Crippen MR) is 69.1 cm³/mol. The molecule has 1 saturated carbocycles. The van der Waals surface area contributed by atoms with E-state index in [-0.39, 0.29) is 17.6 Å². The Morgan fingerprint density at radius 3 is 2.21 bits per heavy atom. The number of carbonyl (C=O) groups excluding carboxylic acids is 1. The van der Waals surface area contributed by atoms with Crippen LogP contribution >= 0.6 is 0 Å². The number of rotatable bonds is 4. The third-order valence-corrected chi connectivity index (χ3v) is 3.47. The number of hydrogen-bond acceptors (Lipinski definition) is 3. The summed E-state index contributed by atoms with van der Waals surface area (Å²) in [6.07, 6.45) is 1.27. The minimum atomic E-state index is -1.00. The zero-order valence-electron chi connectivity index (χ0n) is 10.7. The van der Waals surface area contributed by atoms with Gasteiger partial charge in [0.1, 0.15) is 0 Å². The number of aromatic carboxylic acids is 1. The van der Waals surface area contributed by atoms with Crippen LogP contribution in [0.2, 0.25) is 0 Å². The first-order valence-corrected chi connectivity index (χ1v) is 6.24. The van der Waals surface area contributed by atoms with Crippen LogP contribution in [0.3, 0.4) is 0 Å². The van der Waals surface area contributed by atoms with E-state index in [1.54, 1.807) is 11.9 Å². The molecule has 0 aromatic heterocycles. The number of nitrogens with zero attached hydrogens (tertiary/aromatic N) is 1. The molecule has 1 aromatic rings. The van der Waals surface area contributed by atoms with E-state index in [1.807, 2.05) is 0 Å². The Labute approximate surface area is 111 Å². The summed E-state index contributed by atoms with van der Waals surface area (Å²) in [5.74, 6) is -0.767. The van der Waals surface area contributed by atoms with Crippen LogP contribution in [0.15, 0.2) is 24.3 Å². The lowest BCUT2D eigenvalue weighted by Gasteiger charge is -2.34. The van der Waals surface area contributed by atoms with Gasteiger partial charge in [0.25, 0.3) is 5.91 Å². The van der Waals surface area contributed by atoms with E-state index in [0.717, 1.165) is 12.8 Å². The second-order valence-electron chi connectivity index (χ2n) is 5.06. The molecule has 0 heterocycles. The molecule has 0 saturated heterocycles. The van der Waals surface area contributed by atoms with Crippen molar-refractivity contribution in [2.75, 3.05) is 13.6 Å². The van der Waals surface area contributed by atoms with E-state index in [0.29, 0.717) is 18.0 Å². The van der Waals surface area contributed by atoms with Crippen LogP contribution in [-0.4, -0.2) is 46.7 Å². The smallest absolute Gasteiger partial charge is 0.335 e. The summed E-state index contributed by atoms with van der Waals surface area (Å²) >= 11 is 0. The van der Waals surface area contributed by atoms with Crippen LogP contribution in [-0.2, 0) is 0 Å². The first-order valence-electron chi connectivity index (χ1n) is 6.24. The molecule has 2 rings (SSSR count). The maximum Gasteiger partial charge on any atom is 0.335 e. The topological polar surface area (TPSA) is 77.8 Å². The molecule has 1 amide bonds. The fourth-order valence-corrected chi connectivity index (χ4v) is 2.30. The van der Waals surface area contributed by atoms with Gasteiger partial charge in [0, 0.05) is 19.2 Å². The van der Waals surface area contributed by atoms with Gasteiger partial charge >= 0.3 is 5.97 Å². The van der Waals surface area contributed by atoms with E-state index in [4.69, 9.17) is 5.11 Å². The molecule has 0 radical (unpaired) electrons. The molecular formula is C14H17NO4. The van der Waals surface area contributed by atoms with Crippen molar-refractivity contribution >= 4 is 11.9 Å². The van der Waals surface area contributed by atoms with Gasteiger partial charge in [-0.2, -0.15) is 0 Å². The predicted octanol–water partition coefficient (Wildman–Crippen LogP) is 1.23. The van der Waals surface area contributed by atoms with Gasteiger partial charge in [0.05, 0.1) is 11.7 Å². The van der Waals surface area contributed by atoms with Crippen molar-refractivity contribution in [3.05, 3.63) is 35.4 Å². The minimum Gasteiger partial charge on any atom is -0.478 e. The van der Waals surface area contributed by atoms with E-state index in [9.17, 15) is 14.7 Å². The number of aliphatic hydroxyl groups excluding tert-OH is 1. The SMILES string of the molecule is CN(CC1CC(O)C1)C(=O)c1ccc(C(=O)O)cc1. The maximum atomic E-state index is 12.1. The van der Waals surface area contributed by atoms with Crippen LogP contribution in [0.4, 0.5) is 0 Å². The molecule has 5 heteroatoms. The molecule has 1 aromatic carbocycles. The number of carboxylic acids is 1. The number of carbonyl (C=O) groups is 2. The van der Waals surface area contributed by atoms with E-state index < -0.39 is 5.97 Å². The molecule has 0 atom stereocenters. The Morgan fingerprint density at radius 1 is 1.21 bits per heavy atom. The number of hydrogen-bond donors (Lipinski definition) is 2. The van der Waals surface area contributed by atoms with Gasteiger partial charge in [-0.3, -0.25) is 4.79 Å². The van der Waals surface area contributed by atoms with Gasteiger partial charge in [-0.25, -0.2) is 4.79 Å². The Bertz CT molecular complexity index is 477. The normalized spacial score (nSPS) is 21.6. The van der Waals surface area contributed by atoms with Gasteiger partial charge < -0.3 is 15.1 Å². The lowest BCUT2D eigenvalue weighted by molar-refractivity contribution is 0.0265. The zero-order chi connectivity index (χ0) is 14.0. The minimum absolute atomic E-state index is 0.127. The fourth-order valence-electron chi connectivity index (χ4n) is 2.30. The summed E-state index contributed by atoms with van der Waals surface area (Å²) in [6, 6.07) is 5.91. The molecule has 0 aliphatic heterocycles. The Kier molecular flexibility index (Phi) is 3.85. The Morgan fingerprint density at radius 2 is 1.74 bits per heavy atom. The second kappa shape index (κ2) is 5.40. The lowest BCUT2D eigenvalue weighted by Crippen LogP contribution is -2.39. The van der Waals surface area contributed by atoms with Crippen molar-refractivity contribution in [3.63, 3.8) is 0 Å². The fraction of sp³-hybridized carbons (Fsp3) is 0.429. The van der Waals surface area contributed by atoms with E-state index in [2.05, 4.69) is 0 Å². The molecule has 1 aliphatic carbocycles. The molecule has 5 nitrogen and oxygen atoms in total. The molecular weight excluding hydrogens is 246 g/mol. The maximum absolute atomic E-state index is 12.1. The number of benzene rings is 1. The van der Waals surface area contributed by atoms with Gasteiger partial charge in [0.15, 0.2) is 0 Å². The molecule has 19 heavy (non-hydrogen) atoms. The van der Waals surface area contributed by atoms with Crippen LogP contribution in [0.5, 0.6) is 0 Å². The highest BCUT2D eigenvalue weighted by molar-refractivity contribution is 5.95. The van der Waals surface area contributed by atoms with Crippen LogP contribution in [0.1, 0.15) is 33.6 Å². The highest BCUT2D eigenvalue weighted by Crippen LogP contribution is 2.27. The Balaban J connectivity index is 1.96. The average molecular weight is 263 g/mol. The van der Waals surface area contributed by atoms with Crippen molar-refractivity contribution in [1.82, 2.24) is 4.90 Å². The molecule has 1 fully saturated rings. The van der Waals surface area contributed by atoms with Gasteiger partial charge in [-0.1, -0.05) is 0 Å². The summed E-state index contributed by atoms with van der Waals surface area (Å²) in [4.78, 5) is 24.4. The quantitative estimate of drug-likeness (QED) is 0.856. The summed E-state index contributed by atoms with van der Waals surface area (Å²) in [5.41, 5.74) is 0.647. The van der Waals surface area contributed by atoms with Gasteiger partial charge in [0.2, 0.25) is 0 Å². The molecule has 0 bridgehead atoms. The largest absolute Gasteiger partial charge is 0.478 e. The van der Waals surface area contributed by atoms with Crippen molar-refractivity contribution in [3.8, 4) is 0 Å². The monoisotopic (exact) mass is 263 g/mol. The third kappa shape index (κ3) is 3.12. The van der Waals surface area contributed by atoms with Crippen molar-refractivity contribution < 1.29 is 19.8 Å². The lowest BCUT2D eigenvalue weighted by atomic mass is 9.82. The summed E-state index contributed by atoms with van der Waals surface area (Å²) < 4.78 is 0. The first-order chi connectivity index (χ1) is 8.97. The van der Waals surface area contributed by atoms with Crippen molar-refractivity contribution in [2.45, 2.75) is 18.9 Å². The van der Waals surface area contributed by atoms with Gasteiger partial charge in [-0.05, 0) is 43.0 Å². The van der Waals surface area contributed by atoms with Crippen LogP contribution in [0, 0.1) is 5.92 Å². The van der Waals surface area contributed by atoms with Crippen LogP contribution < -0.4 is 0 Å². The summed E-state index contributed by atoms with van der Waals surface area (Å²) in [7, 11) is 1.72. The highest BCUT2D eigenvalue weighted by Gasteiger charge is 2.29. The number of amides is 1. The summed E-state index contributed by atoms with van der Waals surface area (Å²) in [5, 5.41) is 18.0. The first kappa shape index (κ1) is 13.5. The third-order valence-electron chi connectivity index (χ3n) is 3.47. The van der Waals surface area contributed by atoms with Gasteiger partial charge in [-0.15, -0.1) is 0 Å². The van der Waals surface area contributed by atoms with Crippen molar-refractivity contribution in [1.29, 1.82) is 0 Å². The van der Waals surface area contributed by atoms with Crippen LogP contribution in [0.25, 0.3) is 0 Å². The number of aliphatic hydroxyl groups is 1. The Hall–Kier alpha value is -1.88. The molecule has 0 spiro atoms. The van der Waals surface area contributed by atoms with E-state index >= 15 is 0 Å². The van der Waals surface area contributed by atoms with Crippen molar-refractivity contribution in [2.24, 2.45) is 5.92 Å². The average Bonchev–Trinajstić information content (AvgIpc) is 2.36. The van der Waals surface area contributed by atoms with E-state index in [1.165, 1.54) is 24.3 Å². The zero-order valence-corrected chi connectivity index (χ0v) is 10.7. The molecule has 102 valence electrons. The molecule has 0 unspecified atom stereocenters. The molecule has 2 N–H and O–H groups in total. The number of carboxylic acid groups (broad SMARTS) is 1. The standard InChI is InChI=1S/C14H17NO4/c1-15(8-9-6-12(16)7-9)13(17)10-2-4-11(5-3-10)14(18)19/h2-5,9,12,16H,6-8H2,1H3,(H,18,19).